The Balaban J connectivity index is 1.79. The summed E-state index contributed by atoms with van der Waals surface area (Å²) in [5, 5.41) is 5.09. The summed E-state index contributed by atoms with van der Waals surface area (Å²) < 4.78 is 54.2. The van der Waals surface area contributed by atoms with Crippen LogP contribution in [0.2, 0.25) is 0 Å². The smallest absolute Gasteiger partial charge is 0.238 e. The summed E-state index contributed by atoms with van der Waals surface area (Å²) in [6.45, 7) is 1.19. The highest BCUT2D eigenvalue weighted by Gasteiger charge is 2.30. The van der Waals surface area contributed by atoms with E-state index < -0.39 is 20.0 Å². The lowest BCUT2D eigenvalue weighted by Gasteiger charge is -2.36. The van der Waals surface area contributed by atoms with Gasteiger partial charge in [-0.25, -0.2) is 22.0 Å². The van der Waals surface area contributed by atoms with E-state index in [-0.39, 0.29) is 17.3 Å². The number of primary sulfonamides is 1. The number of hydrogen-bond acceptors (Lipinski definition) is 6. The molecule has 3 rings (SSSR count). The van der Waals surface area contributed by atoms with Crippen molar-refractivity contribution in [3.05, 3.63) is 54.1 Å². The Morgan fingerprint density at radius 3 is 2.26 bits per heavy atom. The Morgan fingerprint density at radius 1 is 1.07 bits per heavy atom. The summed E-state index contributed by atoms with van der Waals surface area (Å²) in [7, 11) is -5.69. The number of ether oxygens (including phenoxy) is 1. The fraction of sp³-hybridized carbons (Fsp3) is 0.294. The third-order valence-corrected chi connectivity index (χ3v) is 6.97. The zero-order valence-electron chi connectivity index (χ0n) is 14.8. The summed E-state index contributed by atoms with van der Waals surface area (Å²) in [5.41, 5.74) is 1.45. The highest BCUT2D eigenvalue weighted by atomic mass is 32.2. The number of hydrogen-bond donors (Lipinski definition) is 1. The molecule has 27 heavy (non-hydrogen) atoms. The Morgan fingerprint density at radius 2 is 1.70 bits per heavy atom. The number of sulfonamides is 2. The number of benzene rings is 2. The number of nitrogens with two attached hydrogens (primary N) is 1. The monoisotopic (exact) mass is 411 g/mol. The first kappa shape index (κ1) is 19.6. The molecule has 0 atom stereocenters. The van der Waals surface area contributed by atoms with Crippen molar-refractivity contribution in [1.82, 2.24) is 4.90 Å². The molecule has 0 amide bonds. The van der Waals surface area contributed by atoms with Crippen molar-refractivity contribution in [2.45, 2.75) is 11.4 Å². The van der Waals surface area contributed by atoms with Crippen LogP contribution in [0.3, 0.4) is 0 Å². The standard InChI is InChI=1S/C17H21N3O5S2/c1-25-16-6-2-14(3-7-16)12-19-10-11-26(21,22)20(13-19)15-4-8-17(9-5-15)27(18,23)24/h2-9H,10-13H2,1H3,(H2,18,23,24). The lowest BCUT2D eigenvalue weighted by Crippen LogP contribution is -2.50. The van der Waals surface area contributed by atoms with Gasteiger partial charge < -0.3 is 4.74 Å². The molecule has 0 unspecified atom stereocenters. The molecule has 0 radical (unpaired) electrons. The predicted molar refractivity (Wildman–Crippen MR) is 102 cm³/mol. The molecule has 0 spiro atoms. The van der Waals surface area contributed by atoms with Gasteiger partial charge in [-0.05, 0) is 42.0 Å². The molecule has 1 aliphatic rings. The normalized spacial score (nSPS) is 17.6. The summed E-state index contributed by atoms with van der Waals surface area (Å²) in [4.78, 5) is 1.95. The van der Waals surface area contributed by atoms with Crippen LogP contribution in [0.5, 0.6) is 5.75 Å². The van der Waals surface area contributed by atoms with Crippen LogP contribution in [0.15, 0.2) is 53.4 Å². The predicted octanol–water partition coefficient (Wildman–Crippen LogP) is 0.952. The third-order valence-electron chi connectivity index (χ3n) is 4.35. The lowest BCUT2D eigenvalue weighted by atomic mass is 10.2. The lowest BCUT2D eigenvalue weighted by molar-refractivity contribution is 0.280. The van der Waals surface area contributed by atoms with Crippen LogP contribution >= 0.6 is 0 Å². The second kappa shape index (κ2) is 7.47. The Labute approximate surface area is 159 Å². The summed E-state index contributed by atoms with van der Waals surface area (Å²) >= 11 is 0. The van der Waals surface area contributed by atoms with Gasteiger partial charge in [0.25, 0.3) is 0 Å². The summed E-state index contributed by atoms with van der Waals surface area (Å²) in [6, 6.07) is 13.1. The molecule has 146 valence electrons. The van der Waals surface area contributed by atoms with E-state index >= 15 is 0 Å². The largest absolute Gasteiger partial charge is 0.497 e. The van der Waals surface area contributed by atoms with Gasteiger partial charge in [-0.15, -0.1) is 0 Å². The molecular formula is C17H21N3O5S2. The first-order chi connectivity index (χ1) is 12.7. The van der Waals surface area contributed by atoms with E-state index in [0.29, 0.717) is 18.8 Å². The summed E-state index contributed by atoms with van der Waals surface area (Å²) in [6.07, 6.45) is 0. The van der Waals surface area contributed by atoms with Crippen LogP contribution in [0.1, 0.15) is 5.56 Å². The molecule has 2 aromatic rings. The van der Waals surface area contributed by atoms with Crippen molar-refractivity contribution in [2.24, 2.45) is 5.14 Å². The molecule has 10 heteroatoms. The van der Waals surface area contributed by atoms with Gasteiger partial charge in [-0.2, -0.15) is 0 Å². The van der Waals surface area contributed by atoms with E-state index in [1.54, 1.807) is 7.11 Å². The van der Waals surface area contributed by atoms with E-state index in [1.807, 2.05) is 29.2 Å². The van der Waals surface area contributed by atoms with Crippen molar-refractivity contribution < 1.29 is 21.6 Å². The van der Waals surface area contributed by atoms with E-state index in [2.05, 4.69) is 0 Å². The van der Waals surface area contributed by atoms with Gasteiger partial charge >= 0.3 is 0 Å². The molecule has 1 heterocycles. The average Bonchev–Trinajstić information content (AvgIpc) is 2.63. The van der Waals surface area contributed by atoms with Crippen molar-refractivity contribution >= 4 is 25.7 Å². The molecule has 0 saturated carbocycles. The first-order valence-electron chi connectivity index (χ1n) is 8.17. The van der Waals surface area contributed by atoms with Crippen LogP contribution < -0.4 is 14.2 Å². The average molecular weight is 412 g/mol. The van der Waals surface area contributed by atoms with Crippen LogP contribution in [0.4, 0.5) is 5.69 Å². The molecule has 0 aliphatic carbocycles. The van der Waals surface area contributed by atoms with E-state index in [0.717, 1.165) is 11.3 Å². The van der Waals surface area contributed by atoms with Gasteiger partial charge in [0.05, 0.1) is 30.1 Å². The van der Waals surface area contributed by atoms with E-state index in [9.17, 15) is 16.8 Å². The maximum absolute atomic E-state index is 12.5. The van der Waals surface area contributed by atoms with Gasteiger partial charge in [-0.1, -0.05) is 12.1 Å². The van der Waals surface area contributed by atoms with Crippen LogP contribution in [-0.2, 0) is 26.6 Å². The second-order valence-electron chi connectivity index (χ2n) is 6.25. The zero-order chi connectivity index (χ0) is 19.7. The quantitative estimate of drug-likeness (QED) is 0.784. The van der Waals surface area contributed by atoms with E-state index in [4.69, 9.17) is 9.88 Å². The molecular weight excluding hydrogens is 390 g/mol. The minimum atomic E-state index is -3.82. The van der Waals surface area contributed by atoms with E-state index in [1.165, 1.54) is 28.6 Å². The van der Waals surface area contributed by atoms with Crippen LogP contribution in [0.25, 0.3) is 0 Å². The van der Waals surface area contributed by atoms with Crippen molar-refractivity contribution in [1.29, 1.82) is 0 Å². The Kier molecular flexibility index (Phi) is 5.43. The molecule has 1 fully saturated rings. The number of methoxy groups -OCH3 is 1. The summed E-state index contributed by atoms with van der Waals surface area (Å²) in [5.74, 6) is 0.747. The minimum Gasteiger partial charge on any atom is -0.497 e. The molecule has 8 nitrogen and oxygen atoms in total. The van der Waals surface area contributed by atoms with Gasteiger partial charge in [0, 0.05) is 13.1 Å². The molecule has 1 saturated heterocycles. The zero-order valence-corrected chi connectivity index (χ0v) is 16.4. The van der Waals surface area contributed by atoms with Crippen molar-refractivity contribution in [3.8, 4) is 5.75 Å². The van der Waals surface area contributed by atoms with Crippen LogP contribution in [-0.4, -0.2) is 47.8 Å². The third kappa shape index (κ3) is 4.59. The number of anilines is 1. The molecule has 0 aromatic heterocycles. The topological polar surface area (TPSA) is 110 Å². The first-order valence-corrected chi connectivity index (χ1v) is 11.3. The maximum atomic E-state index is 12.5. The molecule has 2 N–H and O–H groups in total. The SMILES string of the molecule is COc1ccc(CN2CCS(=O)(=O)N(c3ccc(S(N)(=O)=O)cc3)C2)cc1. The fourth-order valence-electron chi connectivity index (χ4n) is 2.86. The van der Waals surface area contributed by atoms with Crippen LogP contribution in [0, 0.1) is 0 Å². The van der Waals surface area contributed by atoms with Gasteiger partial charge in [-0.3, -0.25) is 9.21 Å². The van der Waals surface area contributed by atoms with Gasteiger partial charge in [0.1, 0.15) is 5.75 Å². The fourth-order valence-corrected chi connectivity index (χ4v) is 4.86. The second-order valence-corrected chi connectivity index (χ2v) is 9.82. The minimum absolute atomic E-state index is 0.0138. The number of rotatable bonds is 5. The van der Waals surface area contributed by atoms with Crippen molar-refractivity contribution in [2.75, 3.05) is 30.4 Å². The van der Waals surface area contributed by atoms with Crippen molar-refractivity contribution in [3.63, 3.8) is 0 Å². The highest BCUT2D eigenvalue weighted by Crippen LogP contribution is 2.24. The molecule has 1 aliphatic heterocycles. The molecule has 2 aromatic carbocycles. The highest BCUT2D eigenvalue weighted by molar-refractivity contribution is 7.92. The maximum Gasteiger partial charge on any atom is 0.238 e. The molecule has 0 bridgehead atoms. The van der Waals surface area contributed by atoms with Gasteiger partial charge in [0.2, 0.25) is 20.0 Å². The number of nitrogens with zero attached hydrogens (tertiary/aromatic N) is 2. The van der Waals surface area contributed by atoms with Gasteiger partial charge in [0.15, 0.2) is 0 Å². The Hall–Kier alpha value is -2.14. The Bertz CT molecular complexity index is 1000.